The number of ether oxygens (including phenoxy) is 1. The molecule has 0 bridgehead atoms. The number of nitrogens with one attached hydrogen (secondary N) is 1. The van der Waals surface area contributed by atoms with E-state index in [1.165, 1.54) is 0 Å². The Bertz CT molecular complexity index is 852. The maximum atomic E-state index is 10.1. The summed E-state index contributed by atoms with van der Waals surface area (Å²) in [5, 5.41) is 13.6. The van der Waals surface area contributed by atoms with Crippen LogP contribution in [0, 0.1) is 0 Å². The second kappa shape index (κ2) is 14.1. The fraction of sp³-hybridized carbons (Fsp3) is 0.480. The second-order valence-corrected chi connectivity index (χ2v) is 8.28. The molecule has 33 heavy (non-hydrogen) atoms. The second-order valence-electron chi connectivity index (χ2n) is 8.28. The van der Waals surface area contributed by atoms with Gasteiger partial charge in [0.2, 0.25) is 0 Å². The minimum atomic E-state index is 0. The van der Waals surface area contributed by atoms with Crippen LogP contribution in [0.4, 0.5) is 5.69 Å². The van der Waals surface area contributed by atoms with Crippen molar-refractivity contribution in [1.82, 2.24) is 15.1 Å². The lowest BCUT2D eigenvalue weighted by atomic mass is 10.2. The van der Waals surface area contributed by atoms with Gasteiger partial charge in [0.25, 0.3) is 0 Å². The van der Waals surface area contributed by atoms with Crippen LogP contribution in [0.2, 0.25) is 0 Å². The fourth-order valence-corrected chi connectivity index (χ4v) is 3.74. The molecule has 0 aliphatic carbocycles. The number of halogens is 1. The zero-order valence-corrected chi connectivity index (χ0v) is 22.4. The molecule has 2 aromatic carbocycles. The van der Waals surface area contributed by atoms with E-state index in [1.807, 2.05) is 30.3 Å². The average molecular weight is 568 g/mol. The Hall–Kier alpha value is -2.20. The van der Waals surface area contributed by atoms with Crippen molar-refractivity contribution in [3.05, 3.63) is 54.1 Å². The van der Waals surface area contributed by atoms with Gasteiger partial charge < -0.3 is 29.9 Å². The molecular weight excluding hydrogens is 529 g/mol. The van der Waals surface area contributed by atoms with Crippen molar-refractivity contribution >= 4 is 35.6 Å². The number of phenolic OH excluding ortho intramolecular Hbond substituents is 1. The maximum Gasteiger partial charge on any atom is 0.194 e. The van der Waals surface area contributed by atoms with E-state index in [4.69, 9.17) is 9.73 Å². The lowest BCUT2D eigenvalue weighted by Gasteiger charge is -2.37. The molecule has 0 atom stereocenters. The van der Waals surface area contributed by atoms with E-state index in [0.717, 1.165) is 75.3 Å². The van der Waals surface area contributed by atoms with Crippen LogP contribution in [0.25, 0.3) is 0 Å². The van der Waals surface area contributed by atoms with Crippen LogP contribution in [0.15, 0.2) is 53.5 Å². The molecule has 1 aliphatic rings. The number of para-hydroxylation sites is 2. The summed E-state index contributed by atoms with van der Waals surface area (Å²) in [6.07, 6.45) is 1.02. The standard InChI is InChI=1S/C25H37N5O2.HI/c1-4-26-25(30-17-15-29(16-18-30)23-8-5-6-9-24(23)31)27-20-21-10-12-22(13-11-21)32-19-7-14-28(2)3;/h5-6,8-13,31H,4,7,14-20H2,1-3H3,(H,26,27);1H. The van der Waals surface area contributed by atoms with Gasteiger partial charge in [0, 0.05) is 39.3 Å². The summed E-state index contributed by atoms with van der Waals surface area (Å²) in [5.41, 5.74) is 2.06. The largest absolute Gasteiger partial charge is 0.506 e. The summed E-state index contributed by atoms with van der Waals surface area (Å²) in [4.78, 5) is 11.6. The van der Waals surface area contributed by atoms with E-state index in [9.17, 15) is 5.11 Å². The minimum Gasteiger partial charge on any atom is -0.506 e. The highest BCUT2D eigenvalue weighted by molar-refractivity contribution is 14.0. The summed E-state index contributed by atoms with van der Waals surface area (Å²) in [6.45, 7) is 8.73. The number of nitrogens with zero attached hydrogens (tertiary/aromatic N) is 4. The molecule has 1 fully saturated rings. The van der Waals surface area contributed by atoms with Crippen LogP contribution < -0.4 is 15.0 Å². The predicted octanol–water partition coefficient (Wildman–Crippen LogP) is 3.63. The zero-order chi connectivity index (χ0) is 22.8. The van der Waals surface area contributed by atoms with Crippen LogP contribution >= 0.6 is 24.0 Å². The van der Waals surface area contributed by atoms with Crippen molar-refractivity contribution in [2.45, 2.75) is 19.9 Å². The SMILES string of the molecule is CCNC(=NCc1ccc(OCCCN(C)C)cc1)N1CCN(c2ccccc2O)CC1.I. The van der Waals surface area contributed by atoms with Crippen molar-refractivity contribution < 1.29 is 9.84 Å². The first-order chi connectivity index (χ1) is 15.6. The van der Waals surface area contributed by atoms with Gasteiger partial charge in [-0.1, -0.05) is 24.3 Å². The van der Waals surface area contributed by atoms with Crippen LogP contribution in [0.5, 0.6) is 11.5 Å². The summed E-state index contributed by atoms with van der Waals surface area (Å²) < 4.78 is 5.82. The monoisotopic (exact) mass is 567 g/mol. The molecule has 0 saturated carbocycles. The Morgan fingerprint density at radius 2 is 1.76 bits per heavy atom. The molecule has 3 rings (SSSR count). The summed E-state index contributed by atoms with van der Waals surface area (Å²) in [5.74, 6) is 2.18. The Morgan fingerprint density at radius 3 is 2.39 bits per heavy atom. The summed E-state index contributed by atoms with van der Waals surface area (Å²) in [7, 11) is 4.15. The number of anilines is 1. The number of guanidine groups is 1. The van der Waals surface area contributed by atoms with Gasteiger partial charge in [-0.2, -0.15) is 0 Å². The Labute approximate surface area is 215 Å². The molecule has 0 aromatic heterocycles. The highest BCUT2D eigenvalue weighted by Crippen LogP contribution is 2.27. The number of hydrogen-bond acceptors (Lipinski definition) is 5. The quantitative estimate of drug-likeness (QED) is 0.209. The van der Waals surface area contributed by atoms with Crippen molar-refractivity contribution in [2.75, 3.05) is 64.9 Å². The molecule has 0 spiro atoms. The first-order valence-electron chi connectivity index (χ1n) is 11.5. The van der Waals surface area contributed by atoms with Gasteiger partial charge in [-0.25, -0.2) is 4.99 Å². The molecule has 2 aromatic rings. The third-order valence-corrected chi connectivity index (χ3v) is 5.49. The minimum absolute atomic E-state index is 0. The van der Waals surface area contributed by atoms with Crippen molar-refractivity contribution in [3.8, 4) is 11.5 Å². The van der Waals surface area contributed by atoms with Crippen LogP contribution in [0.1, 0.15) is 18.9 Å². The van der Waals surface area contributed by atoms with E-state index in [1.54, 1.807) is 6.07 Å². The normalized spacial score (nSPS) is 14.2. The molecule has 8 heteroatoms. The topological polar surface area (TPSA) is 63.6 Å². The van der Waals surface area contributed by atoms with Gasteiger partial charge >= 0.3 is 0 Å². The van der Waals surface area contributed by atoms with Crippen LogP contribution in [-0.4, -0.2) is 80.8 Å². The van der Waals surface area contributed by atoms with Crippen LogP contribution in [0.3, 0.4) is 0 Å². The third-order valence-electron chi connectivity index (χ3n) is 5.49. The van der Waals surface area contributed by atoms with Crippen LogP contribution in [-0.2, 0) is 6.54 Å². The summed E-state index contributed by atoms with van der Waals surface area (Å²) >= 11 is 0. The van der Waals surface area contributed by atoms with Crippen molar-refractivity contribution in [2.24, 2.45) is 4.99 Å². The van der Waals surface area contributed by atoms with Gasteiger partial charge in [-0.15, -0.1) is 24.0 Å². The zero-order valence-electron chi connectivity index (χ0n) is 20.0. The third kappa shape index (κ3) is 8.58. The molecule has 1 aliphatic heterocycles. The number of piperazine rings is 1. The van der Waals surface area contributed by atoms with Gasteiger partial charge in [-0.3, -0.25) is 0 Å². The molecule has 1 saturated heterocycles. The molecule has 7 nitrogen and oxygen atoms in total. The van der Waals surface area contributed by atoms with E-state index in [2.05, 4.69) is 53.2 Å². The fourth-order valence-electron chi connectivity index (χ4n) is 3.74. The average Bonchev–Trinajstić information content (AvgIpc) is 2.81. The molecular formula is C25H38IN5O2. The first-order valence-corrected chi connectivity index (χ1v) is 11.5. The van der Waals surface area contributed by atoms with Crippen molar-refractivity contribution in [1.29, 1.82) is 0 Å². The Morgan fingerprint density at radius 1 is 1.06 bits per heavy atom. The van der Waals surface area contributed by atoms with E-state index < -0.39 is 0 Å². The molecule has 0 radical (unpaired) electrons. The molecule has 2 N–H and O–H groups in total. The van der Waals surface area contributed by atoms with Gasteiger partial charge in [-0.05, 0) is 57.3 Å². The smallest absolute Gasteiger partial charge is 0.194 e. The lowest BCUT2D eigenvalue weighted by molar-refractivity contribution is 0.281. The molecule has 0 unspecified atom stereocenters. The van der Waals surface area contributed by atoms with Crippen molar-refractivity contribution in [3.63, 3.8) is 0 Å². The molecule has 0 amide bonds. The number of hydrogen-bond donors (Lipinski definition) is 2. The first kappa shape index (κ1) is 27.0. The Balaban J connectivity index is 0.00000385. The van der Waals surface area contributed by atoms with Gasteiger partial charge in [0.15, 0.2) is 5.96 Å². The number of phenols is 1. The molecule has 182 valence electrons. The Kier molecular flexibility index (Phi) is 11.6. The van der Waals surface area contributed by atoms with E-state index in [-0.39, 0.29) is 24.0 Å². The number of aliphatic imine (C=N–C) groups is 1. The lowest BCUT2D eigenvalue weighted by Crippen LogP contribution is -2.52. The number of rotatable bonds is 9. The summed E-state index contributed by atoms with van der Waals surface area (Å²) in [6, 6.07) is 15.8. The van der Waals surface area contributed by atoms with Gasteiger partial charge in [0.1, 0.15) is 11.5 Å². The van der Waals surface area contributed by atoms with E-state index >= 15 is 0 Å². The maximum absolute atomic E-state index is 10.1. The van der Waals surface area contributed by atoms with Gasteiger partial charge in [0.05, 0.1) is 18.8 Å². The number of benzene rings is 2. The highest BCUT2D eigenvalue weighted by Gasteiger charge is 2.21. The molecule has 1 heterocycles. The predicted molar refractivity (Wildman–Crippen MR) is 147 cm³/mol. The number of aromatic hydroxyl groups is 1. The highest BCUT2D eigenvalue weighted by atomic mass is 127. The van der Waals surface area contributed by atoms with E-state index in [0.29, 0.717) is 12.3 Å².